The van der Waals surface area contributed by atoms with Crippen LogP contribution in [0.4, 0.5) is 5.82 Å². The van der Waals surface area contributed by atoms with Crippen LogP contribution in [0.25, 0.3) is 11.5 Å². The Bertz CT molecular complexity index is 847. The second-order valence-corrected chi connectivity index (χ2v) is 6.60. The predicted molar refractivity (Wildman–Crippen MR) is 89.9 cm³/mol. The number of hydrogen-bond donors (Lipinski definition) is 1. The number of rotatable bonds is 5. The topological polar surface area (TPSA) is 94.0 Å². The summed E-state index contributed by atoms with van der Waals surface area (Å²) in [6.07, 6.45) is 3.02. The lowest BCUT2D eigenvalue weighted by Crippen LogP contribution is -2.22. The Kier molecular flexibility index (Phi) is 4.86. The molecule has 0 fully saturated rings. The molecular weight excluding hydrogens is 352 g/mol. The third-order valence-electron chi connectivity index (χ3n) is 3.12. The van der Waals surface area contributed by atoms with Crippen molar-refractivity contribution in [1.82, 2.24) is 15.2 Å². The largest absolute Gasteiger partial charge is 0.469 e. The molecule has 0 radical (unpaired) electrons. The number of halogens is 1. The summed E-state index contributed by atoms with van der Waals surface area (Å²) in [6.45, 7) is 3.55. The van der Waals surface area contributed by atoms with Gasteiger partial charge in [-0.2, -0.15) is 0 Å². The van der Waals surface area contributed by atoms with E-state index >= 15 is 0 Å². The molecule has 0 aromatic carbocycles. The highest BCUT2D eigenvalue weighted by Crippen LogP contribution is 2.28. The van der Waals surface area contributed by atoms with E-state index in [1.54, 1.807) is 31.4 Å². The highest BCUT2D eigenvalue weighted by molar-refractivity contribution is 8.00. The van der Waals surface area contributed by atoms with Crippen LogP contribution in [0.1, 0.15) is 12.7 Å². The molecular formula is C15H13ClN4O3S. The first kappa shape index (κ1) is 16.5. The van der Waals surface area contributed by atoms with Crippen LogP contribution in [0.15, 0.2) is 44.7 Å². The van der Waals surface area contributed by atoms with E-state index < -0.39 is 5.25 Å². The van der Waals surface area contributed by atoms with Crippen LogP contribution >= 0.6 is 23.4 Å². The average Bonchev–Trinajstić information content (AvgIpc) is 3.18. The van der Waals surface area contributed by atoms with Gasteiger partial charge in [0, 0.05) is 6.20 Å². The maximum absolute atomic E-state index is 12.2. The van der Waals surface area contributed by atoms with E-state index in [9.17, 15) is 4.79 Å². The zero-order valence-corrected chi connectivity index (χ0v) is 14.4. The third kappa shape index (κ3) is 3.77. The lowest BCUT2D eigenvalue weighted by atomic mass is 10.3. The van der Waals surface area contributed by atoms with Crippen LogP contribution in [0.5, 0.6) is 0 Å². The van der Waals surface area contributed by atoms with Crippen molar-refractivity contribution in [3.8, 4) is 11.5 Å². The van der Waals surface area contributed by atoms with Crippen molar-refractivity contribution in [2.75, 3.05) is 5.32 Å². The molecule has 1 amide bonds. The number of nitrogens with one attached hydrogen (secondary N) is 1. The number of furan rings is 1. The SMILES string of the molecule is Cc1occc1-c1nnc(S[C@H](C)C(=O)Nc2ccc(Cl)cn2)o1. The van der Waals surface area contributed by atoms with Gasteiger partial charge in [0.05, 0.1) is 22.1 Å². The molecule has 0 unspecified atom stereocenters. The van der Waals surface area contributed by atoms with E-state index in [0.717, 1.165) is 17.3 Å². The minimum absolute atomic E-state index is 0.228. The fraction of sp³-hybridized carbons (Fsp3) is 0.200. The maximum Gasteiger partial charge on any atom is 0.277 e. The number of anilines is 1. The predicted octanol–water partition coefficient (Wildman–Crippen LogP) is 3.81. The fourth-order valence-corrected chi connectivity index (χ4v) is 2.65. The number of hydrogen-bond acceptors (Lipinski definition) is 7. The van der Waals surface area contributed by atoms with Crippen molar-refractivity contribution in [2.24, 2.45) is 0 Å². The summed E-state index contributed by atoms with van der Waals surface area (Å²) in [4.78, 5) is 16.2. The summed E-state index contributed by atoms with van der Waals surface area (Å²) in [6, 6.07) is 5.03. The molecule has 0 bridgehead atoms. The van der Waals surface area contributed by atoms with Gasteiger partial charge in [-0.15, -0.1) is 10.2 Å². The standard InChI is InChI=1S/C15H13ClN4O3S/c1-8-11(5-6-22-8)14-19-20-15(23-14)24-9(2)13(21)18-12-4-3-10(16)7-17-12/h3-7,9H,1-2H3,(H,17,18,21)/t9-/m1/s1. The zero-order valence-electron chi connectivity index (χ0n) is 12.8. The highest BCUT2D eigenvalue weighted by atomic mass is 35.5. The first-order valence-electron chi connectivity index (χ1n) is 7.00. The fourth-order valence-electron chi connectivity index (χ4n) is 1.86. The summed E-state index contributed by atoms with van der Waals surface area (Å²) in [7, 11) is 0. The molecule has 0 saturated heterocycles. The number of thioether (sulfide) groups is 1. The number of nitrogens with zero attached hydrogens (tertiary/aromatic N) is 3. The van der Waals surface area contributed by atoms with Crippen LogP contribution in [0.3, 0.4) is 0 Å². The van der Waals surface area contributed by atoms with Gasteiger partial charge in [-0.25, -0.2) is 4.98 Å². The number of carbonyl (C=O) groups excluding carboxylic acids is 1. The van der Waals surface area contributed by atoms with Crippen LogP contribution in [0.2, 0.25) is 5.02 Å². The van der Waals surface area contributed by atoms with Crippen molar-refractivity contribution in [1.29, 1.82) is 0 Å². The molecule has 9 heteroatoms. The van der Waals surface area contributed by atoms with Crippen LogP contribution < -0.4 is 5.32 Å². The van der Waals surface area contributed by atoms with E-state index in [-0.39, 0.29) is 5.91 Å². The quantitative estimate of drug-likeness (QED) is 0.688. The van der Waals surface area contributed by atoms with Gasteiger partial charge in [-0.1, -0.05) is 23.4 Å². The van der Waals surface area contributed by atoms with Gasteiger partial charge in [0.25, 0.3) is 11.1 Å². The zero-order chi connectivity index (χ0) is 17.1. The first-order valence-corrected chi connectivity index (χ1v) is 8.26. The Balaban J connectivity index is 1.63. The molecule has 3 heterocycles. The average molecular weight is 365 g/mol. The molecule has 0 spiro atoms. The van der Waals surface area contributed by atoms with E-state index in [1.807, 2.05) is 6.92 Å². The summed E-state index contributed by atoms with van der Waals surface area (Å²) in [5.41, 5.74) is 0.733. The maximum atomic E-state index is 12.2. The van der Waals surface area contributed by atoms with E-state index in [4.69, 9.17) is 20.4 Å². The van der Waals surface area contributed by atoms with Gasteiger partial charge >= 0.3 is 0 Å². The number of pyridine rings is 1. The van der Waals surface area contributed by atoms with E-state index in [2.05, 4.69) is 20.5 Å². The second kappa shape index (κ2) is 7.06. The Hall–Kier alpha value is -2.32. The van der Waals surface area contributed by atoms with Gasteiger partial charge < -0.3 is 14.2 Å². The molecule has 0 saturated carbocycles. The molecule has 0 aliphatic heterocycles. The first-order chi connectivity index (χ1) is 11.5. The monoisotopic (exact) mass is 364 g/mol. The van der Waals surface area contributed by atoms with Gasteiger partial charge in [-0.05, 0) is 32.0 Å². The minimum atomic E-state index is -0.443. The van der Waals surface area contributed by atoms with Gasteiger partial charge in [-0.3, -0.25) is 4.79 Å². The molecule has 24 heavy (non-hydrogen) atoms. The summed E-state index contributed by atoms with van der Waals surface area (Å²) < 4.78 is 10.8. The molecule has 124 valence electrons. The molecule has 3 rings (SSSR count). The third-order valence-corrected chi connectivity index (χ3v) is 4.28. The Morgan fingerprint density at radius 1 is 1.33 bits per heavy atom. The molecule has 1 atom stereocenters. The Morgan fingerprint density at radius 2 is 2.17 bits per heavy atom. The number of aromatic nitrogens is 3. The van der Waals surface area contributed by atoms with Crippen molar-refractivity contribution >= 4 is 35.1 Å². The molecule has 7 nitrogen and oxygen atoms in total. The van der Waals surface area contributed by atoms with E-state index in [1.165, 1.54) is 6.20 Å². The molecule has 1 N–H and O–H groups in total. The summed E-state index contributed by atoms with van der Waals surface area (Å²) in [5, 5.41) is 11.0. The lowest BCUT2D eigenvalue weighted by Gasteiger charge is -2.08. The Morgan fingerprint density at radius 3 is 2.83 bits per heavy atom. The van der Waals surface area contributed by atoms with Crippen molar-refractivity contribution in [3.63, 3.8) is 0 Å². The smallest absolute Gasteiger partial charge is 0.277 e. The van der Waals surface area contributed by atoms with Crippen molar-refractivity contribution in [3.05, 3.63) is 41.4 Å². The molecule has 0 aliphatic carbocycles. The highest BCUT2D eigenvalue weighted by Gasteiger charge is 2.20. The normalized spacial score (nSPS) is 12.1. The second-order valence-electron chi connectivity index (χ2n) is 4.87. The lowest BCUT2D eigenvalue weighted by molar-refractivity contribution is -0.115. The van der Waals surface area contributed by atoms with Crippen molar-refractivity contribution in [2.45, 2.75) is 24.3 Å². The van der Waals surface area contributed by atoms with E-state index in [0.29, 0.717) is 27.7 Å². The Labute approximate surface area is 146 Å². The van der Waals surface area contributed by atoms with Gasteiger partial charge in [0.1, 0.15) is 11.6 Å². The van der Waals surface area contributed by atoms with Crippen LogP contribution in [-0.2, 0) is 4.79 Å². The van der Waals surface area contributed by atoms with Crippen LogP contribution in [-0.4, -0.2) is 26.3 Å². The molecule has 3 aromatic heterocycles. The number of carbonyl (C=O) groups is 1. The molecule has 0 aliphatic rings. The summed E-state index contributed by atoms with van der Waals surface area (Å²) >= 11 is 6.92. The van der Waals surface area contributed by atoms with Crippen molar-refractivity contribution < 1.29 is 13.6 Å². The number of amides is 1. The molecule has 3 aromatic rings. The summed E-state index contributed by atoms with van der Waals surface area (Å²) in [5.74, 6) is 1.25. The number of aryl methyl sites for hydroxylation is 1. The van der Waals surface area contributed by atoms with Gasteiger partial charge in [0.2, 0.25) is 5.91 Å². The van der Waals surface area contributed by atoms with Gasteiger partial charge in [0.15, 0.2) is 0 Å². The minimum Gasteiger partial charge on any atom is -0.469 e. The van der Waals surface area contributed by atoms with Crippen LogP contribution in [0, 0.1) is 6.92 Å².